The van der Waals surface area contributed by atoms with Crippen molar-refractivity contribution in [2.75, 3.05) is 0 Å². The lowest BCUT2D eigenvalue weighted by Crippen LogP contribution is -1.94. The van der Waals surface area contributed by atoms with Gasteiger partial charge in [0.1, 0.15) is 5.75 Å². The van der Waals surface area contributed by atoms with Crippen LogP contribution >= 0.6 is 0 Å². The second-order valence-electron chi connectivity index (χ2n) is 1.70. The van der Waals surface area contributed by atoms with E-state index in [1.54, 1.807) is 6.92 Å². The van der Waals surface area contributed by atoms with Gasteiger partial charge in [-0.3, -0.25) is 0 Å². The summed E-state index contributed by atoms with van der Waals surface area (Å²) in [6, 6.07) is 0. The van der Waals surface area contributed by atoms with Gasteiger partial charge in [0, 0.05) is 6.92 Å². The third kappa shape index (κ3) is 1.89. The fraction of sp³-hybridized carbons (Fsp3) is 0.500. The molecule has 6 heteroatoms. The van der Waals surface area contributed by atoms with Gasteiger partial charge in [-0.1, -0.05) is 5.16 Å². The zero-order valence-corrected chi connectivity index (χ0v) is 6.09. The van der Waals surface area contributed by atoms with E-state index in [9.17, 15) is 4.21 Å². The molecule has 1 rings (SSSR count). The van der Waals surface area contributed by atoms with Crippen LogP contribution in [-0.4, -0.2) is 18.9 Å². The molecule has 0 aliphatic carbocycles. The molecule has 0 radical (unpaired) electrons. The normalized spacial score (nSPS) is 13.4. The molecule has 1 aromatic heterocycles. The summed E-state index contributed by atoms with van der Waals surface area (Å²) in [4.78, 5) is 3.72. The van der Waals surface area contributed by atoms with Gasteiger partial charge < -0.3 is 9.08 Å². The van der Waals surface area contributed by atoms with Crippen molar-refractivity contribution >= 4 is 11.1 Å². The van der Waals surface area contributed by atoms with Crippen LogP contribution in [-0.2, 0) is 16.8 Å². The van der Waals surface area contributed by atoms with Crippen LogP contribution in [0.2, 0.25) is 0 Å². The van der Waals surface area contributed by atoms with Gasteiger partial charge in [-0.25, -0.2) is 4.21 Å². The Labute approximate surface area is 59.7 Å². The predicted molar refractivity (Wildman–Crippen MR) is 33.5 cm³/mol. The summed E-state index contributed by atoms with van der Waals surface area (Å²) >= 11 is -1.89. The molecule has 0 spiro atoms. The lowest BCUT2D eigenvalue weighted by atomic mass is 10.7. The van der Waals surface area contributed by atoms with Crippen molar-refractivity contribution in [3.05, 3.63) is 11.7 Å². The average molecular weight is 162 g/mol. The molecule has 1 aromatic rings. The van der Waals surface area contributed by atoms with Crippen molar-refractivity contribution in [3.8, 4) is 0 Å². The summed E-state index contributed by atoms with van der Waals surface area (Å²) in [5.41, 5.74) is 0. The van der Waals surface area contributed by atoms with Crippen molar-refractivity contribution in [3.63, 3.8) is 0 Å². The first-order valence-corrected chi connectivity index (χ1v) is 3.82. The maximum atomic E-state index is 10.2. The molecular formula is C4H6N2O3S. The molecule has 10 heavy (non-hydrogen) atoms. The Kier molecular flexibility index (Phi) is 2.13. The fourth-order valence-corrected chi connectivity index (χ4v) is 0.849. The largest absolute Gasteiger partial charge is 0.340 e. The van der Waals surface area contributed by atoms with Crippen molar-refractivity contribution in [2.24, 2.45) is 0 Å². The molecule has 1 atom stereocenters. The standard InChI is InChI=1S/C4H6N2O3S/c1-3-5-4(6-9-3)2-10(7)8/h2H2,1H3,(H,7,8). The highest BCUT2D eigenvalue weighted by Crippen LogP contribution is 1.96. The van der Waals surface area contributed by atoms with Gasteiger partial charge in [-0.15, -0.1) is 0 Å². The first-order valence-electron chi connectivity index (χ1n) is 2.55. The SMILES string of the molecule is Cc1nc(CS(=O)O)no1. The second-order valence-corrected chi connectivity index (χ2v) is 2.63. The van der Waals surface area contributed by atoms with E-state index in [1.165, 1.54) is 0 Å². The van der Waals surface area contributed by atoms with Gasteiger partial charge in [0.2, 0.25) is 5.89 Å². The van der Waals surface area contributed by atoms with Crippen LogP contribution in [0, 0.1) is 6.92 Å². The number of nitrogens with zero attached hydrogens (tertiary/aromatic N) is 2. The molecule has 0 aromatic carbocycles. The molecule has 0 saturated heterocycles. The van der Waals surface area contributed by atoms with Gasteiger partial charge >= 0.3 is 0 Å². The molecular weight excluding hydrogens is 156 g/mol. The highest BCUT2D eigenvalue weighted by Gasteiger charge is 2.04. The summed E-state index contributed by atoms with van der Waals surface area (Å²) in [5.74, 6) is 0.593. The van der Waals surface area contributed by atoms with Crippen LogP contribution in [0.25, 0.3) is 0 Å². The zero-order chi connectivity index (χ0) is 7.56. The van der Waals surface area contributed by atoms with Crippen molar-refractivity contribution in [1.29, 1.82) is 0 Å². The fourth-order valence-electron chi connectivity index (χ4n) is 0.510. The molecule has 1 unspecified atom stereocenters. The van der Waals surface area contributed by atoms with Crippen LogP contribution in [0.4, 0.5) is 0 Å². The van der Waals surface area contributed by atoms with E-state index in [1.807, 2.05) is 0 Å². The molecule has 1 N–H and O–H groups in total. The van der Waals surface area contributed by atoms with E-state index in [2.05, 4.69) is 14.7 Å². The van der Waals surface area contributed by atoms with Gasteiger partial charge in [0.15, 0.2) is 16.9 Å². The quantitative estimate of drug-likeness (QED) is 0.624. The number of aryl methyl sites for hydroxylation is 1. The van der Waals surface area contributed by atoms with Crippen molar-refractivity contribution in [2.45, 2.75) is 12.7 Å². The Morgan fingerprint density at radius 1 is 1.80 bits per heavy atom. The minimum Gasteiger partial charge on any atom is -0.340 e. The highest BCUT2D eigenvalue weighted by atomic mass is 32.2. The van der Waals surface area contributed by atoms with Crippen LogP contribution in [0.15, 0.2) is 4.52 Å². The van der Waals surface area contributed by atoms with E-state index in [0.717, 1.165) is 0 Å². The van der Waals surface area contributed by atoms with Crippen molar-refractivity contribution < 1.29 is 13.3 Å². The van der Waals surface area contributed by atoms with Crippen LogP contribution in [0.3, 0.4) is 0 Å². The van der Waals surface area contributed by atoms with Gasteiger partial charge in [0.25, 0.3) is 0 Å². The Morgan fingerprint density at radius 3 is 2.90 bits per heavy atom. The average Bonchev–Trinajstić information content (AvgIpc) is 2.13. The van der Waals surface area contributed by atoms with Crippen LogP contribution < -0.4 is 0 Å². The summed E-state index contributed by atoms with van der Waals surface area (Å²) < 4.78 is 23.1. The molecule has 0 aliphatic heterocycles. The van der Waals surface area contributed by atoms with E-state index < -0.39 is 11.1 Å². The van der Waals surface area contributed by atoms with Crippen LogP contribution in [0.5, 0.6) is 0 Å². The highest BCUT2D eigenvalue weighted by molar-refractivity contribution is 7.78. The number of rotatable bonds is 2. The zero-order valence-electron chi connectivity index (χ0n) is 5.27. The summed E-state index contributed by atoms with van der Waals surface area (Å²) in [7, 11) is 0. The molecule has 5 nitrogen and oxygen atoms in total. The maximum absolute atomic E-state index is 10.2. The molecule has 0 saturated carbocycles. The molecule has 0 fully saturated rings. The van der Waals surface area contributed by atoms with Gasteiger partial charge in [0.05, 0.1) is 0 Å². The van der Waals surface area contributed by atoms with Crippen LogP contribution in [0.1, 0.15) is 11.7 Å². The summed E-state index contributed by atoms with van der Waals surface area (Å²) in [6.45, 7) is 1.62. The van der Waals surface area contributed by atoms with E-state index in [4.69, 9.17) is 4.55 Å². The minimum absolute atomic E-state index is 0.0721. The Balaban J connectivity index is 2.67. The Bertz CT molecular complexity index is 246. The molecule has 0 bridgehead atoms. The number of hydrogen-bond acceptors (Lipinski definition) is 4. The lowest BCUT2D eigenvalue weighted by molar-refractivity contribution is 0.388. The summed E-state index contributed by atoms with van der Waals surface area (Å²) in [5, 5.41) is 3.42. The first-order chi connectivity index (χ1) is 4.68. The second kappa shape index (κ2) is 2.89. The monoisotopic (exact) mass is 162 g/mol. The number of aromatic nitrogens is 2. The molecule has 0 aliphatic rings. The number of hydrogen-bond donors (Lipinski definition) is 1. The van der Waals surface area contributed by atoms with Gasteiger partial charge in [-0.2, -0.15) is 4.98 Å². The van der Waals surface area contributed by atoms with E-state index in [0.29, 0.717) is 5.89 Å². The summed E-state index contributed by atoms with van der Waals surface area (Å²) in [6.07, 6.45) is 0. The lowest BCUT2D eigenvalue weighted by Gasteiger charge is -1.82. The van der Waals surface area contributed by atoms with Gasteiger partial charge in [-0.05, 0) is 0 Å². The first kappa shape index (κ1) is 7.36. The molecule has 0 amide bonds. The third-order valence-electron chi connectivity index (χ3n) is 0.822. The maximum Gasteiger partial charge on any atom is 0.223 e. The predicted octanol–water partition coefficient (Wildman–Crippen LogP) is 0.0997. The molecule has 56 valence electrons. The smallest absolute Gasteiger partial charge is 0.223 e. The Morgan fingerprint density at radius 2 is 2.50 bits per heavy atom. The minimum atomic E-state index is -1.89. The van der Waals surface area contributed by atoms with E-state index in [-0.39, 0.29) is 11.6 Å². The third-order valence-corrected chi connectivity index (χ3v) is 1.33. The van der Waals surface area contributed by atoms with E-state index >= 15 is 0 Å². The van der Waals surface area contributed by atoms with Crippen molar-refractivity contribution in [1.82, 2.24) is 10.1 Å². The molecule has 1 heterocycles. The Hall–Kier alpha value is -0.750. The topological polar surface area (TPSA) is 76.2 Å².